The standard InChI is InChI=1S/C32H35F3N6O4/c1-3-39-28-24(26(38-41(28)21-9-11-45-12-10-21)29(43)40-22(16-36)14-19-15-23(19)40)25(17-7-8-17)31(2,30(39)44)37-27(42)18-5-4-6-20(13-18)32(33,34)35/h4-6,13,17,19,21-23,25H,3,7-12,14-15H2,1-2H3,(H,37,42)/t19-,22?,23+,25-,31-/m0/s1. The number of hydrogen-bond donors (Lipinski definition) is 1. The Hall–Kier alpha value is -3.92. The fourth-order valence-corrected chi connectivity index (χ4v) is 7.83. The number of hydrogen-bond acceptors (Lipinski definition) is 6. The lowest BCUT2D eigenvalue weighted by molar-refractivity contribution is -0.137. The molecular weight excluding hydrogens is 589 g/mol. The lowest BCUT2D eigenvalue weighted by Crippen LogP contribution is -2.64. The van der Waals surface area contributed by atoms with E-state index in [-0.39, 0.29) is 47.6 Å². The summed E-state index contributed by atoms with van der Waals surface area (Å²) in [6.07, 6.45) is -0.402. The summed E-state index contributed by atoms with van der Waals surface area (Å²) in [7, 11) is 0. The first kappa shape index (κ1) is 29.8. The third kappa shape index (κ3) is 4.80. The first-order valence-corrected chi connectivity index (χ1v) is 15.7. The van der Waals surface area contributed by atoms with Gasteiger partial charge in [-0.15, -0.1) is 0 Å². The quantitative estimate of drug-likeness (QED) is 0.508. The molecular formula is C32H35F3N6O4. The zero-order chi connectivity index (χ0) is 31.8. The predicted molar refractivity (Wildman–Crippen MR) is 154 cm³/mol. The molecule has 1 N–H and O–H groups in total. The molecule has 2 aromatic rings. The van der Waals surface area contributed by atoms with Crippen LogP contribution in [0.2, 0.25) is 0 Å². The molecule has 2 aliphatic carbocycles. The van der Waals surface area contributed by atoms with Crippen LogP contribution in [0, 0.1) is 23.2 Å². The van der Waals surface area contributed by atoms with E-state index in [9.17, 15) is 32.8 Å². The van der Waals surface area contributed by atoms with Crippen molar-refractivity contribution in [3.8, 4) is 6.07 Å². The molecule has 5 aliphatic rings. The summed E-state index contributed by atoms with van der Waals surface area (Å²) in [5.74, 6) is -1.45. The Morgan fingerprint density at radius 2 is 1.89 bits per heavy atom. The second-order valence-corrected chi connectivity index (χ2v) is 13.1. The number of likely N-dealkylation sites (tertiary alicyclic amines) is 1. The average Bonchev–Trinajstić information content (AvgIpc) is 3.94. The number of ether oxygens (including phenoxy) is 1. The molecule has 1 unspecified atom stereocenters. The van der Waals surface area contributed by atoms with E-state index in [1.54, 1.807) is 28.3 Å². The summed E-state index contributed by atoms with van der Waals surface area (Å²) >= 11 is 0. The maximum absolute atomic E-state index is 14.5. The molecule has 13 heteroatoms. The van der Waals surface area contributed by atoms with E-state index in [0.29, 0.717) is 43.9 Å². The second kappa shape index (κ2) is 10.6. The minimum Gasteiger partial charge on any atom is -0.381 e. The number of likely N-dealkylation sites (N-methyl/N-ethyl adjacent to an activating group) is 1. The number of nitrogens with one attached hydrogen (secondary N) is 1. The number of carbonyl (C=O) groups excluding carboxylic acids is 3. The van der Waals surface area contributed by atoms with Gasteiger partial charge >= 0.3 is 6.18 Å². The van der Waals surface area contributed by atoms with E-state index in [0.717, 1.165) is 31.4 Å². The number of amides is 3. The molecule has 238 valence electrons. The monoisotopic (exact) mass is 624 g/mol. The van der Waals surface area contributed by atoms with E-state index in [4.69, 9.17) is 9.84 Å². The number of nitriles is 1. The van der Waals surface area contributed by atoms with Crippen LogP contribution in [0.15, 0.2) is 24.3 Å². The van der Waals surface area contributed by atoms with Gasteiger partial charge in [0.2, 0.25) is 0 Å². The maximum atomic E-state index is 14.5. The molecule has 1 aromatic carbocycles. The normalized spacial score (nSPS) is 29.6. The molecule has 3 amide bonds. The first-order chi connectivity index (χ1) is 21.5. The number of halogens is 3. The topological polar surface area (TPSA) is 121 Å². The van der Waals surface area contributed by atoms with E-state index >= 15 is 0 Å². The van der Waals surface area contributed by atoms with Crippen molar-refractivity contribution in [2.45, 2.75) is 88.1 Å². The van der Waals surface area contributed by atoms with Gasteiger partial charge in [0.1, 0.15) is 17.4 Å². The van der Waals surface area contributed by atoms with Crippen molar-refractivity contribution >= 4 is 23.5 Å². The third-order valence-electron chi connectivity index (χ3n) is 10.3. The van der Waals surface area contributed by atoms with Gasteiger partial charge in [0.25, 0.3) is 17.7 Å². The lowest BCUT2D eigenvalue weighted by atomic mass is 9.72. The summed E-state index contributed by atoms with van der Waals surface area (Å²) in [5.41, 5.74) is -2.00. The van der Waals surface area contributed by atoms with Gasteiger partial charge in [-0.05, 0) is 82.4 Å². The van der Waals surface area contributed by atoms with Gasteiger partial charge in [-0.2, -0.15) is 23.5 Å². The molecule has 10 nitrogen and oxygen atoms in total. The van der Waals surface area contributed by atoms with Crippen molar-refractivity contribution in [2.24, 2.45) is 11.8 Å². The van der Waals surface area contributed by atoms with Crippen LogP contribution in [0.4, 0.5) is 19.0 Å². The van der Waals surface area contributed by atoms with Gasteiger partial charge < -0.3 is 15.0 Å². The van der Waals surface area contributed by atoms with Crippen LogP contribution in [0.25, 0.3) is 0 Å². The molecule has 0 bridgehead atoms. The molecule has 4 heterocycles. The molecule has 45 heavy (non-hydrogen) atoms. The number of rotatable bonds is 6. The predicted octanol–water partition coefficient (Wildman–Crippen LogP) is 4.43. The lowest BCUT2D eigenvalue weighted by Gasteiger charge is -2.46. The van der Waals surface area contributed by atoms with Crippen molar-refractivity contribution < 1.29 is 32.3 Å². The van der Waals surface area contributed by atoms with Gasteiger partial charge in [-0.25, -0.2) is 4.68 Å². The zero-order valence-corrected chi connectivity index (χ0v) is 25.1. The Bertz CT molecular complexity index is 1610. The van der Waals surface area contributed by atoms with E-state index < -0.39 is 41.1 Å². The molecule has 2 saturated carbocycles. The van der Waals surface area contributed by atoms with Crippen LogP contribution in [0.1, 0.15) is 96.3 Å². The average molecular weight is 625 g/mol. The number of piperidine rings is 1. The van der Waals surface area contributed by atoms with Crippen LogP contribution >= 0.6 is 0 Å². The SMILES string of the molecule is CCN1C(=O)[C@@](C)(NC(=O)c2cccc(C(F)(F)F)c2)[C@@H](C2CC2)c2c(C(=O)N3C(C#N)C[C@H]4C[C@H]43)nn(C3CCOCC3)c21. The molecule has 0 radical (unpaired) electrons. The van der Waals surface area contributed by atoms with Gasteiger partial charge in [0, 0.05) is 42.8 Å². The number of alkyl halides is 3. The minimum atomic E-state index is -4.64. The third-order valence-corrected chi connectivity index (χ3v) is 10.3. The van der Waals surface area contributed by atoms with Crippen LogP contribution < -0.4 is 10.2 Å². The van der Waals surface area contributed by atoms with Crippen molar-refractivity contribution in [3.05, 3.63) is 46.6 Å². The fraction of sp³-hybridized carbons (Fsp3) is 0.594. The van der Waals surface area contributed by atoms with Gasteiger partial charge in [0.15, 0.2) is 5.69 Å². The number of carbonyl (C=O) groups is 3. The largest absolute Gasteiger partial charge is 0.416 e. The van der Waals surface area contributed by atoms with E-state index in [2.05, 4.69) is 11.4 Å². The van der Waals surface area contributed by atoms with E-state index in [1.165, 1.54) is 12.1 Å². The number of nitrogens with zero attached hydrogens (tertiary/aromatic N) is 5. The fourth-order valence-electron chi connectivity index (χ4n) is 7.83. The Morgan fingerprint density at radius 3 is 2.53 bits per heavy atom. The van der Waals surface area contributed by atoms with Crippen molar-refractivity contribution in [1.82, 2.24) is 20.0 Å². The Morgan fingerprint density at radius 1 is 1.16 bits per heavy atom. The molecule has 7 rings (SSSR count). The highest BCUT2D eigenvalue weighted by Crippen LogP contribution is 2.56. The second-order valence-electron chi connectivity index (χ2n) is 13.1. The molecule has 2 saturated heterocycles. The summed E-state index contributed by atoms with van der Waals surface area (Å²) < 4.78 is 47.8. The summed E-state index contributed by atoms with van der Waals surface area (Å²) in [6, 6.07) is 5.69. The van der Waals surface area contributed by atoms with Gasteiger partial charge in [-0.1, -0.05) is 6.07 Å². The van der Waals surface area contributed by atoms with Crippen molar-refractivity contribution in [1.29, 1.82) is 5.26 Å². The molecule has 5 atom stereocenters. The maximum Gasteiger partial charge on any atom is 0.416 e. The molecule has 3 aliphatic heterocycles. The van der Waals surface area contributed by atoms with Crippen LogP contribution in [0.3, 0.4) is 0 Å². The summed E-state index contributed by atoms with van der Waals surface area (Å²) in [4.78, 5) is 45.8. The smallest absolute Gasteiger partial charge is 0.381 e. The first-order valence-electron chi connectivity index (χ1n) is 15.7. The minimum absolute atomic E-state index is 0.0232. The van der Waals surface area contributed by atoms with Gasteiger partial charge in [-0.3, -0.25) is 19.3 Å². The number of anilines is 1. The van der Waals surface area contributed by atoms with Crippen molar-refractivity contribution in [3.63, 3.8) is 0 Å². The highest BCUT2D eigenvalue weighted by molar-refractivity contribution is 6.09. The number of fused-ring (bicyclic) bond motifs is 2. The number of benzene rings is 1. The van der Waals surface area contributed by atoms with Crippen LogP contribution in [-0.2, 0) is 15.7 Å². The molecule has 0 spiro atoms. The zero-order valence-electron chi connectivity index (χ0n) is 25.1. The number of aromatic nitrogens is 2. The summed E-state index contributed by atoms with van der Waals surface area (Å²) in [6.45, 7) is 4.64. The Labute approximate surface area is 258 Å². The molecule has 4 fully saturated rings. The van der Waals surface area contributed by atoms with E-state index in [1.807, 2.05) is 0 Å². The highest BCUT2D eigenvalue weighted by atomic mass is 19.4. The Kier molecular flexibility index (Phi) is 7.00. The summed E-state index contributed by atoms with van der Waals surface area (Å²) in [5, 5.41) is 17.7. The van der Waals surface area contributed by atoms with Gasteiger partial charge in [0.05, 0.1) is 17.7 Å². The molecule has 1 aromatic heterocycles. The highest BCUT2D eigenvalue weighted by Gasteiger charge is 2.60. The van der Waals surface area contributed by atoms with Crippen molar-refractivity contribution in [2.75, 3.05) is 24.7 Å². The Balaban J connectivity index is 1.36. The van der Waals surface area contributed by atoms with Crippen LogP contribution in [0.5, 0.6) is 0 Å². The van der Waals surface area contributed by atoms with Crippen LogP contribution in [-0.4, -0.2) is 69.8 Å².